The number of aliphatic hydroxyl groups is 1. The van der Waals surface area contributed by atoms with Gasteiger partial charge in [0.15, 0.2) is 0 Å². The Bertz CT molecular complexity index is 226. The molecule has 1 fully saturated rings. The quantitative estimate of drug-likeness (QED) is 0.692. The lowest BCUT2D eigenvalue weighted by Crippen LogP contribution is -2.34. The van der Waals surface area contributed by atoms with Gasteiger partial charge in [0.25, 0.3) is 0 Å². The number of aliphatic hydroxyl groups excluding tert-OH is 1. The van der Waals surface area contributed by atoms with Gasteiger partial charge in [0.1, 0.15) is 0 Å². The Morgan fingerprint density at radius 2 is 2.07 bits per heavy atom. The first kappa shape index (κ1) is 12.2. The van der Waals surface area contributed by atoms with Crippen LogP contribution in [0, 0.1) is 11.8 Å². The fourth-order valence-electron chi connectivity index (χ4n) is 2.24. The Hall–Kier alpha value is -0.830. The van der Waals surface area contributed by atoms with E-state index in [0.29, 0.717) is 18.4 Å². The molecular formula is C12H21NO2. The van der Waals surface area contributed by atoms with E-state index in [1.54, 1.807) is 6.08 Å². The number of amides is 1. The number of nitrogens with one attached hydrogen (secondary N) is 1. The Balaban J connectivity index is 2.32. The van der Waals surface area contributed by atoms with E-state index in [1.807, 2.05) is 6.92 Å². The molecule has 0 spiro atoms. The van der Waals surface area contributed by atoms with Crippen LogP contribution in [0.1, 0.15) is 32.6 Å². The average Bonchev–Trinajstić information content (AvgIpc) is 2.27. The van der Waals surface area contributed by atoms with Gasteiger partial charge in [-0.3, -0.25) is 4.79 Å². The van der Waals surface area contributed by atoms with Gasteiger partial charge in [0.2, 0.25) is 5.91 Å². The molecule has 0 saturated heterocycles. The molecule has 2 N–H and O–H groups in total. The first-order valence-corrected chi connectivity index (χ1v) is 5.79. The summed E-state index contributed by atoms with van der Waals surface area (Å²) in [6, 6.07) is 0. The number of hydrogen-bond acceptors (Lipinski definition) is 2. The number of carbonyl (C=O) groups excluding carboxylic acids is 1. The predicted molar refractivity (Wildman–Crippen MR) is 60.4 cm³/mol. The van der Waals surface area contributed by atoms with E-state index in [9.17, 15) is 9.90 Å². The van der Waals surface area contributed by atoms with Crippen LogP contribution in [0.15, 0.2) is 12.2 Å². The van der Waals surface area contributed by atoms with Gasteiger partial charge in [-0.15, -0.1) is 0 Å². The van der Waals surface area contributed by atoms with Crippen LogP contribution in [-0.2, 0) is 4.79 Å². The molecule has 3 heteroatoms. The van der Waals surface area contributed by atoms with Crippen molar-refractivity contribution < 1.29 is 9.90 Å². The van der Waals surface area contributed by atoms with E-state index in [1.165, 1.54) is 18.9 Å². The van der Waals surface area contributed by atoms with Gasteiger partial charge >= 0.3 is 0 Å². The highest BCUT2D eigenvalue weighted by molar-refractivity contribution is 5.87. The maximum absolute atomic E-state index is 11.2. The lowest BCUT2D eigenvalue weighted by molar-refractivity contribution is -0.116. The topological polar surface area (TPSA) is 49.3 Å². The van der Waals surface area contributed by atoms with Crippen LogP contribution < -0.4 is 5.32 Å². The maximum atomic E-state index is 11.2. The van der Waals surface area contributed by atoms with Gasteiger partial charge in [-0.1, -0.05) is 18.9 Å². The third kappa shape index (κ3) is 4.04. The van der Waals surface area contributed by atoms with Gasteiger partial charge in [0.05, 0.1) is 0 Å². The predicted octanol–water partition coefficient (Wildman–Crippen LogP) is 1.48. The van der Waals surface area contributed by atoms with Gasteiger partial charge in [-0.2, -0.15) is 0 Å². The lowest BCUT2D eigenvalue weighted by atomic mass is 9.79. The molecule has 86 valence electrons. The van der Waals surface area contributed by atoms with Crippen LogP contribution in [-0.4, -0.2) is 24.2 Å². The largest absolute Gasteiger partial charge is 0.396 e. The molecule has 15 heavy (non-hydrogen) atoms. The first-order chi connectivity index (χ1) is 7.27. The molecule has 2 atom stereocenters. The van der Waals surface area contributed by atoms with Gasteiger partial charge in [-0.25, -0.2) is 0 Å². The minimum absolute atomic E-state index is 0.0280. The van der Waals surface area contributed by atoms with Gasteiger partial charge in [-0.05, 0) is 37.7 Å². The fraction of sp³-hybridized carbons (Fsp3) is 0.750. The summed E-state index contributed by atoms with van der Waals surface area (Å²) in [7, 11) is 0. The SMILES string of the molecule is CC=CC(=O)NCC1CCCCC1CO. The molecule has 3 nitrogen and oxygen atoms in total. The Morgan fingerprint density at radius 1 is 1.40 bits per heavy atom. The highest BCUT2D eigenvalue weighted by atomic mass is 16.3. The summed E-state index contributed by atoms with van der Waals surface area (Å²) in [6.45, 7) is 2.79. The summed E-state index contributed by atoms with van der Waals surface area (Å²) < 4.78 is 0. The minimum atomic E-state index is -0.0280. The Labute approximate surface area is 91.6 Å². The molecule has 1 amide bonds. The molecular weight excluding hydrogens is 190 g/mol. The van der Waals surface area contributed by atoms with Crippen molar-refractivity contribution in [2.24, 2.45) is 11.8 Å². The Morgan fingerprint density at radius 3 is 2.67 bits per heavy atom. The summed E-state index contributed by atoms with van der Waals surface area (Å²) in [5.74, 6) is 0.808. The van der Waals surface area contributed by atoms with Crippen LogP contribution in [0.3, 0.4) is 0 Å². The molecule has 0 aliphatic heterocycles. The number of carbonyl (C=O) groups is 1. The first-order valence-electron chi connectivity index (χ1n) is 5.79. The van der Waals surface area contributed by atoms with Crippen LogP contribution in [0.25, 0.3) is 0 Å². The maximum Gasteiger partial charge on any atom is 0.243 e. The third-order valence-electron chi connectivity index (χ3n) is 3.16. The zero-order valence-electron chi connectivity index (χ0n) is 9.41. The monoisotopic (exact) mass is 211 g/mol. The van der Waals surface area contributed by atoms with E-state index in [-0.39, 0.29) is 12.5 Å². The minimum Gasteiger partial charge on any atom is -0.396 e. The summed E-state index contributed by atoms with van der Waals surface area (Å²) in [5, 5.41) is 12.1. The molecule has 0 aromatic heterocycles. The number of allylic oxidation sites excluding steroid dienone is 1. The van der Waals surface area contributed by atoms with Gasteiger partial charge < -0.3 is 10.4 Å². The molecule has 0 heterocycles. The highest BCUT2D eigenvalue weighted by Crippen LogP contribution is 2.28. The van der Waals surface area contributed by atoms with Crippen molar-refractivity contribution in [1.82, 2.24) is 5.32 Å². The molecule has 0 bridgehead atoms. The van der Waals surface area contributed by atoms with Crippen molar-refractivity contribution in [2.45, 2.75) is 32.6 Å². The molecule has 1 aliphatic rings. The van der Waals surface area contributed by atoms with E-state index < -0.39 is 0 Å². The molecule has 0 aromatic carbocycles. The van der Waals surface area contributed by atoms with Gasteiger partial charge in [0, 0.05) is 13.2 Å². The molecule has 0 aromatic rings. The van der Waals surface area contributed by atoms with Crippen LogP contribution >= 0.6 is 0 Å². The second kappa shape index (κ2) is 6.62. The molecule has 0 radical (unpaired) electrons. The smallest absolute Gasteiger partial charge is 0.243 e. The summed E-state index contributed by atoms with van der Waals surface area (Å²) in [6.07, 6.45) is 7.93. The van der Waals surface area contributed by atoms with E-state index >= 15 is 0 Å². The summed E-state index contributed by atoms with van der Waals surface area (Å²) in [4.78, 5) is 11.2. The molecule has 1 aliphatic carbocycles. The normalized spacial score (nSPS) is 26.8. The number of hydrogen-bond donors (Lipinski definition) is 2. The van der Waals surface area contributed by atoms with Crippen molar-refractivity contribution >= 4 is 5.91 Å². The van der Waals surface area contributed by atoms with Crippen molar-refractivity contribution in [3.05, 3.63) is 12.2 Å². The molecule has 1 rings (SSSR count). The van der Waals surface area contributed by atoms with Crippen LogP contribution in [0.2, 0.25) is 0 Å². The average molecular weight is 211 g/mol. The zero-order chi connectivity index (χ0) is 11.1. The molecule has 2 unspecified atom stereocenters. The standard InChI is InChI=1S/C12H21NO2/c1-2-5-12(15)13-8-10-6-3-4-7-11(10)9-14/h2,5,10-11,14H,3-4,6-9H2,1H3,(H,13,15). The van der Waals surface area contributed by atoms with E-state index in [0.717, 1.165) is 12.8 Å². The van der Waals surface area contributed by atoms with Crippen LogP contribution in [0.4, 0.5) is 0 Å². The third-order valence-corrected chi connectivity index (χ3v) is 3.16. The number of rotatable bonds is 4. The lowest BCUT2D eigenvalue weighted by Gasteiger charge is -2.30. The van der Waals surface area contributed by atoms with Crippen molar-refractivity contribution in [3.8, 4) is 0 Å². The Kier molecular flexibility index (Phi) is 5.40. The van der Waals surface area contributed by atoms with Crippen molar-refractivity contribution in [1.29, 1.82) is 0 Å². The van der Waals surface area contributed by atoms with Crippen molar-refractivity contribution in [2.75, 3.05) is 13.2 Å². The fourth-order valence-corrected chi connectivity index (χ4v) is 2.24. The van der Waals surface area contributed by atoms with Crippen molar-refractivity contribution in [3.63, 3.8) is 0 Å². The summed E-state index contributed by atoms with van der Waals surface area (Å²) >= 11 is 0. The molecule has 1 saturated carbocycles. The van der Waals surface area contributed by atoms with E-state index in [4.69, 9.17) is 0 Å². The second-order valence-corrected chi connectivity index (χ2v) is 4.23. The van der Waals surface area contributed by atoms with E-state index in [2.05, 4.69) is 5.32 Å². The highest BCUT2D eigenvalue weighted by Gasteiger charge is 2.24. The second-order valence-electron chi connectivity index (χ2n) is 4.23. The zero-order valence-corrected chi connectivity index (χ0v) is 9.41. The van der Waals surface area contributed by atoms with Crippen LogP contribution in [0.5, 0.6) is 0 Å². The summed E-state index contributed by atoms with van der Waals surface area (Å²) in [5.41, 5.74) is 0.